The van der Waals surface area contributed by atoms with Crippen molar-refractivity contribution in [1.29, 1.82) is 0 Å². The summed E-state index contributed by atoms with van der Waals surface area (Å²) in [6, 6.07) is 9.58. The van der Waals surface area contributed by atoms with Crippen LogP contribution in [0.1, 0.15) is 5.56 Å². The zero-order chi connectivity index (χ0) is 15.6. The minimum Gasteiger partial charge on any atom is -0.497 e. The van der Waals surface area contributed by atoms with E-state index in [2.05, 4.69) is 20.7 Å². The van der Waals surface area contributed by atoms with Crippen molar-refractivity contribution in [1.82, 2.24) is 0 Å². The van der Waals surface area contributed by atoms with Crippen molar-refractivity contribution in [2.45, 2.75) is 11.8 Å². The van der Waals surface area contributed by atoms with Gasteiger partial charge in [0.1, 0.15) is 5.75 Å². The van der Waals surface area contributed by atoms with E-state index in [9.17, 15) is 8.42 Å². The molecular formula is C14H15BrN2O3S. The molecule has 5 nitrogen and oxygen atoms in total. The first-order valence-corrected chi connectivity index (χ1v) is 8.33. The molecule has 21 heavy (non-hydrogen) atoms. The summed E-state index contributed by atoms with van der Waals surface area (Å²) in [5, 5.41) is 0. The number of sulfonamides is 1. The van der Waals surface area contributed by atoms with Crippen molar-refractivity contribution in [3.63, 3.8) is 0 Å². The minimum atomic E-state index is -3.70. The number of halogens is 1. The molecule has 0 spiro atoms. The van der Waals surface area contributed by atoms with Gasteiger partial charge in [0.25, 0.3) is 10.0 Å². The smallest absolute Gasteiger partial charge is 0.261 e. The van der Waals surface area contributed by atoms with E-state index in [1.807, 2.05) is 0 Å². The van der Waals surface area contributed by atoms with Crippen molar-refractivity contribution >= 4 is 37.3 Å². The Labute approximate surface area is 132 Å². The molecule has 0 saturated heterocycles. The quantitative estimate of drug-likeness (QED) is 0.809. The zero-order valence-corrected chi connectivity index (χ0v) is 14.0. The Morgan fingerprint density at radius 1 is 1.19 bits per heavy atom. The molecule has 0 aliphatic carbocycles. The van der Waals surface area contributed by atoms with Gasteiger partial charge in [0.15, 0.2) is 0 Å². The molecule has 112 valence electrons. The van der Waals surface area contributed by atoms with E-state index in [1.54, 1.807) is 31.2 Å². The number of nitrogens with two attached hydrogens (primary N) is 1. The Morgan fingerprint density at radius 2 is 1.81 bits per heavy atom. The van der Waals surface area contributed by atoms with Gasteiger partial charge in [0, 0.05) is 4.47 Å². The molecule has 2 aromatic rings. The van der Waals surface area contributed by atoms with Gasteiger partial charge in [-0.05, 0) is 48.9 Å². The van der Waals surface area contributed by atoms with Gasteiger partial charge in [-0.25, -0.2) is 8.42 Å². The molecule has 0 aromatic heterocycles. The van der Waals surface area contributed by atoms with Crippen molar-refractivity contribution in [2.75, 3.05) is 17.6 Å². The van der Waals surface area contributed by atoms with Crippen LogP contribution in [0.4, 0.5) is 11.4 Å². The lowest BCUT2D eigenvalue weighted by Gasteiger charge is -2.13. The summed E-state index contributed by atoms with van der Waals surface area (Å²) < 4.78 is 33.1. The van der Waals surface area contributed by atoms with Gasteiger partial charge in [-0.15, -0.1) is 0 Å². The summed E-state index contributed by atoms with van der Waals surface area (Å²) >= 11 is 3.32. The summed E-state index contributed by atoms with van der Waals surface area (Å²) in [6.45, 7) is 1.78. The van der Waals surface area contributed by atoms with Crippen LogP contribution >= 0.6 is 15.9 Å². The first-order valence-electron chi connectivity index (χ1n) is 6.06. The second-order valence-electron chi connectivity index (χ2n) is 4.47. The fraction of sp³-hybridized carbons (Fsp3) is 0.143. The van der Waals surface area contributed by atoms with Gasteiger partial charge in [-0.3, -0.25) is 4.72 Å². The summed E-state index contributed by atoms with van der Waals surface area (Å²) in [5.41, 5.74) is 7.35. The number of anilines is 2. The number of methoxy groups -OCH3 is 1. The molecule has 0 unspecified atom stereocenters. The van der Waals surface area contributed by atoms with E-state index < -0.39 is 10.0 Å². The first-order chi connectivity index (χ1) is 9.83. The number of hydrogen-bond acceptors (Lipinski definition) is 4. The minimum absolute atomic E-state index is 0.144. The monoisotopic (exact) mass is 370 g/mol. The molecule has 2 aromatic carbocycles. The van der Waals surface area contributed by atoms with E-state index in [4.69, 9.17) is 10.5 Å². The highest BCUT2D eigenvalue weighted by atomic mass is 79.9. The Bertz CT molecular complexity index is 735. The summed E-state index contributed by atoms with van der Waals surface area (Å²) in [4.78, 5) is 0.144. The number of nitrogens with one attached hydrogen (secondary N) is 1. The van der Waals surface area contributed by atoms with Gasteiger partial charge >= 0.3 is 0 Å². The van der Waals surface area contributed by atoms with E-state index >= 15 is 0 Å². The van der Waals surface area contributed by atoms with Gasteiger partial charge < -0.3 is 10.5 Å². The predicted molar refractivity (Wildman–Crippen MR) is 87.1 cm³/mol. The molecule has 0 amide bonds. The second kappa shape index (κ2) is 5.95. The van der Waals surface area contributed by atoms with Crippen LogP contribution in [0.25, 0.3) is 0 Å². The van der Waals surface area contributed by atoms with E-state index in [1.165, 1.54) is 19.2 Å². The molecule has 0 aliphatic rings. The van der Waals surface area contributed by atoms with Crippen molar-refractivity contribution in [3.8, 4) is 5.75 Å². The maximum atomic E-state index is 12.4. The Balaban J connectivity index is 2.37. The highest BCUT2D eigenvalue weighted by molar-refractivity contribution is 9.10. The fourth-order valence-electron chi connectivity index (χ4n) is 1.86. The number of rotatable bonds is 4. The number of aryl methyl sites for hydroxylation is 1. The van der Waals surface area contributed by atoms with Crippen molar-refractivity contribution < 1.29 is 13.2 Å². The van der Waals surface area contributed by atoms with Gasteiger partial charge in [-0.1, -0.05) is 15.9 Å². The van der Waals surface area contributed by atoms with Crippen LogP contribution in [0, 0.1) is 6.92 Å². The van der Waals surface area contributed by atoms with Crippen LogP contribution in [-0.2, 0) is 10.0 Å². The third kappa shape index (κ3) is 3.48. The van der Waals surface area contributed by atoms with Crippen LogP contribution in [-0.4, -0.2) is 15.5 Å². The number of hydrogen-bond donors (Lipinski definition) is 2. The molecule has 2 rings (SSSR count). The second-order valence-corrected chi connectivity index (χ2v) is 7.07. The molecule has 0 heterocycles. The normalized spacial score (nSPS) is 11.2. The van der Waals surface area contributed by atoms with Crippen LogP contribution < -0.4 is 15.2 Å². The van der Waals surface area contributed by atoms with Crippen LogP contribution in [0.15, 0.2) is 45.8 Å². The van der Waals surface area contributed by atoms with Crippen LogP contribution in [0.5, 0.6) is 5.75 Å². The highest BCUT2D eigenvalue weighted by Gasteiger charge is 2.17. The van der Waals surface area contributed by atoms with Crippen molar-refractivity contribution in [3.05, 3.63) is 46.4 Å². The maximum Gasteiger partial charge on any atom is 0.261 e. The Kier molecular flexibility index (Phi) is 4.43. The third-order valence-electron chi connectivity index (χ3n) is 2.94. The Hall–Kier alpha value is -1.73. The summed E-state index contributed by atoms with van der Waals surface area (Å²) in [5.74, 6) is 0.591. The third-order valence-corrected chi connectivity index (χ3v) is 4.76. The number of benzene rings is 2. The molecule has 0 atom stereocenters. The SMILES string of the molecule is COc1ccc(S(=O)(=O)Nc2c(C)cc(Br)cc2N)cc1. The fourth-order valence-corrected chi connectivity index (χ4v) is 3.61. The van der Waals surface area contributed by atoms with E-state index in [-0.39, 0.29) is 4.90 Å². The molecule has 0 aliphatic heterocycles. The summed E-state index contributed by atoms with van der Waals surface area (Å²) in [7, 11) is -2.18. The lowest BCUT2D eigenvalue weighted by Crippen LogP contribution is -2.15. The molecule has 0 radical (unpaired) electrons. The molecule has 0 bridgehead atoms. The van der Waals surface area contributed by atoms with Crippen LogP contribution in [0.3, 0.4) is 0 Å². The average Bonchev–Trinajstić information content (AvgIpc) is 2.43. The van der Waals surface area contributed by atoms with Crippen LogP contribution in [0.2, 0.25) is 0 Å². The predicted octanol–water partition coefficient (Wildman–Crippen LogP) is 3.15. The molecule has 0 saturated carbocycles. The first kappa shape index (κ1) is 15.7. The summed E-state index contributed by atoms with van der Waals surface area (Å²) in [6.07, 6.45) is 0. The molecule has 0 fully saturated rings. The Morgan fingerprint density at radius 3 is 2.33 bits per heavy atom. The average molecular weight is 371 g/mol. The molecule has 7 heteroatoms. The lowest BCUT2D eigenvalue weighted by atomic mass is 10.2. The van der Waals surface area contributed by atoms with Gasteiger partial charge in [0.05, 0.1) is 23.4 Å². The van der Waals surface area contributed by atoms with E-state index in [0.29, 0.717) is 17.1 Å². The lowest BCUT2D eigenvalue weighted by molar-refractivity contribution is 0.414. The molecular weight excluding hydrogens is 356 g/mol. The highest BCUT2D eigenvalue weighted by Crippen LogP contribution is 2.30. The van der Waals surface area contributed by atoms with Gasteiger partial charge in [-0.2, -0.15) is 0 Å². The topological polar surface area (TPSA) is 81.4 Å². The maximum absolute atomic E-state index is 12.4. The van der Waals surface area contributed by atoms with Crippen molar-refractivity contribution in [2.24, 2.45) is 0 Å². The number of ether oxygens (including phenoxy) is 1. The molecule has 3 N–H and O–H groups in total. The standard InChI is InChI=1S/C14H15BrN2O3S/c1-9-7-10(15)8-13(16)14(9)17-21(18,19)12-5-3-11(20-2)4-6-12/h3-8,17H,16H2,1-2H3. The zero-order valence-electron chi connectivity index (χ0n) is 11.6. The number of nitrogen functional groups attached to an aromatic ring is 1. The van der Waals surface area contributed by atoms with Gasteiger partial charge in [0.2, 0.25) is 0 Å². The largest absolute Gasteiger partial charge is 0.497 e. The van der Waals surface area contributed by atoms with E-state index in [0.717, 1.165) is 10.0 Å².